The molecule has 0 unspecified atom stereocenters. The maximum atomic E-state index is 11.2. The Morgan fingerprint density at radius 2 is 1.73 bits per heavy atom. The molecule has 0 heterocycles. The van der Waals surface area contributed by atoms with Crippen molar-refractivity contribution in [3.8, 4) is 0 Å². The van der Waals surface area contributed by atoms with Crippen LogP contribution in [0.4, 0.5) is 0 Å². The van der Waals surface area contributed by atoms with Crippen LogP contribution < -0.4 is 0 Å². The second kappa shape index (κ2) is 5.64. The van der Waals surface area contributed by atoms with E-state index in [2.05, 4.69) is 34.6 Å². The quantitative estimate of drug-likeness (QED) is 0.605. The first-order valence-corrected chi connectivity index (χ1v) is 5.86. The predicted molar refractivity (Wildman–Crippen MR) is 64.0 cm³/mol. The molecule has 0 amide bonds. The Kier molecular flexibility index (Phi) is 5.50. The lowest BCUT2D eigenvalue weighted by molar-refractivity contribution is -0.130. The smallest absolute Gasteiger partial charge is 0.130 e. The van der Waals surface area contributed by atoms with Gasteiger partial charge in [-0.05, 0) is 27.2 Å². The lowest BCUT2D eigenvalue weighted by atomic mass is 9.73. The second-order valence-electron chi connectivity index (χ2n) is 5.48. The molecule has 0 aliphatic rings. The van der Waals surface area contributed by atoms with Crippen LogP contribution in [0.2, 0.25) is 0 Å². The molecule has 0 aromatic heterocycles. The van der Waals surface area contributed by atoms with E-state index in [9.17, 15) is 4.79 Å². The van der Waals surface area contributed by atoms with E-state index < -0.39 is 0 Å². The fraction of sp³-hybridized carbons (Fsp3) is 0.923. The van der Waals surface area contributed by atoms with Crippen LogP contribution in [0.3, 0.4) is 0 Å². The van der Waals surface area contributed by atoms with Gasteiger partial charge in [-0.2, -0.15) is 0 Å². The molecular weight excluding hydrogens is 188 g/mol. The minimum atomic E-state index is -0.242. The molecule has 2 heteroatoms. The number of ether oxygens (including phenoxy) is 1. The molecule has 0 aromatic rings. The molecule has 15 heavy (non-hydrogen) atoms. The Labute approximate surface area is 94.4 Å². The number of unbranched alkanes of at least 4 members (excludes halogenated alkanes) is 1. The maximum Gasteiger partial charge on any atom is 0.130 e. The largest absolute Gasteiger partial charge is 0.375 e. The molecule has 2 nitrogen and oxygen atoms in total. The zero-order chi connectivity index (χ0) is 12.1. The van der Waals surface area contributed by atoms with Crippen LogP contribution in [0.5, 0.6) is 0 Å². The van der Waals surface area contributed by atoms with Crippen LogP contribution in [0, 0.1) is 5.41 Å². The van der Waals surface area contributed by atoms with Crippen molar-refractivity contribution in [2.45, 2.75) is 66.4 Å². The Hall–Kier alpha value is -0.370. The van der Waals surface area contributed by atoms with Crippen LogP contribution in [-0.4, -0.2) is 18.0 Å². The fourth-order valence-corrected chi connectivity index (χ4v) is 1.50. The summed E-state index contributed by atoms with van der Waals surface area (Å²) in [6, 6.07) is 0. The van der Waals surface area contributed by atoms with Gasteiger partial charge < -0.3 is 9.53 Å². The van der Waals surface area contributed by atoms with Gasteiger partial charge in [-0.3, -0.25) is 0 Å². The number of ketones is 1. The number of Topliss-reactive ketones (excluding diaryl/α,β-unsaturated/α-hetero) is 1. The van der Waals surface area contributed by atoms with Gasteiger partial charge in [0.15, 0.2) is 0 Å². The first-order valence-electron chi connectivity index (χ1n) is 5.86. The molecule has 0 radical (unpaired) electrons. The third-order valence-electron chi connectivity index (χ3n) is 3.28. The van der Waals surface area contributed by atoms with Crippen molar-refractivity contribution in [1.82, 2.24) is 0 Å². The maximum absolute atomic E-state index is 11.2. The zero-order valence-corrected chi connectivity index (χ0v) is 11.1. The van der Waals surface area contributed by atoms with Gasteiger partial charge >= 0.3 is 0 Å². The molecule has 0 bridgehead atoms. The van der Waals surface area contributed by atoms with Gasteiger partial charge in [0.1, 0.15) is 5.78 Å². The summed E-state index contributed by atoms with van der Waals surface area (Å²) in [5.74, 6) is 0.229. The number of rotatable bonds is 7. The van der Waals surface area contributed by atoms with Crippen molar-refractivity contribution in [2.24, 2.45) is 5.41 Å². The molecule has 0 aromatic carbocycles. The zero-order valence-electron chi connectivity index (χ0n) is 11.1. The summed E-state index contributed by atoms with van der Waals surface area (Å²) in [5, 5.41) is 0. The summed E-state index contributed by atoms with van der Waals surface area (Å²) in [5.41, 5.74) is -0.347. The Bertz CT molecular complexity index is 205. The van der Waals surface area contributed by atoms with Crippen molar-refractivity contribution in [1.29, 1.82) is 0 Å². The van der Waals surface area contributed by atoms with E-state index in [-0.39, 0.29) is 16.8 Å². The van der Waals surface area contributed by atoms with Crippen molar-refractivity contribution in [3.05, 3.63) is 0 Å². The average molecular weight is 214 g/mol. The van der Waals surface area contributed by atoms with Crippen molar-refractivity contribution >= 4 is 5.78 Å². The monoisotopic (exact) mass is 214 g/mol. The molecule has 0 spiro atoms. The number of carbonyl (C=O) groups is 1. The van der Waals surface area contributed by atoms with Gasteiger partial charge in [0, 0.05) is 18.4 Å². The van der Waals surface area contributed by atoms with Gasteiger partial charge in [0.05, 0.1) is 5.60 Å². The third-order valence-corrected chi connectivity index (χ3v) is 3.28. The molecule has 0 saturated carbocycles. The third kappa shape index (κ3) is 4.78. The molecule has 0 N–H and O–H groups in total. The first-order chi connectivity index (χ1) is 6.73. The van der Waals surface area contributed by atoms with Crippen LogP contribution in [-0.2, 0) is 9.53 Å². The van der Waals surface area contributed by atoms with Crippen LogP contribution >= 0.6 is 0 Å². The van der Waals surface area contributed by atoms with E-state index in [1.807, 2.05) is 0 Å². The molecule has 90 valence electrons. The lowest BCUT2D eigenvalue weighted by Crippen LogP contribution is -2.43. The molecule has 0 aliphatic heterocycles. The van der Waals surface area contributed by atoms with Crippen LogP contribution in [0.15, 0.2) is 0 Å². The standard InChI is InChI=1S/C13H26O2/c1-7-8-9-15-13(5,6)12(3,4)10-11(2)14/h7-10H2,1-6H3. The molecule has 0 fully saturated rings. The summed E-state index contributed by atoms with van der Waals surface area (Å²) < 4.78 is 5.88. The lowest BCUT2D eigenvalue weighted by Gasteiger charge is -2.41. The number of hydrogen-bond donors (Lipinski definition) is 0. The SMILES string of the molecule is CCCCOC(C)(C)C(C)(C)CC(C)=O. The van der Waals surface area contributed by atoms with Gasteiger partial charge in [0.25, 0.3) is 0 Å². The summed E-state index contributed by atoms with van der Waals surface area (Å²) in [6.45, 7) is 12.9. The highest BCUT2D eigenvalue weighted by atomic mass is 16.5. The molecular formula is C13H26O2. The Morgan fingerprint density at radius 3 is 2.13 bits per heavy atom. The van der Waals surface area contributed by atoms with Gasteiger partial charge in [-0.1, -0.05) is 27.2 Å². The normalized spacial score (nSPS) is 12.9. The van der Waals surface area contributed by atoms with Gasteiger partial charge in [-0.25, -0.2) is 0 Å². The van der Waals surface area contributed by atoms with E-state index in [0.717, 1.165) is 19.4 Å². The van der Waals surface area contributed by atoms with E-state index in [1.165, 1.54) is 0 Å². The molecule has 0 aliphatic carbocycles. The van der Waals surface area contributed by atoms with Crippen molar-refractivity contribution in [3.63, 3.8) is 0 Å². The number of carbonyl (C=O) groups excluding carboxylic acids is 1. The van der Waals surface area contributed by atoms with Crippen LogP contribution in [0.25, 0.3) is 0 Å². The van der Waals surface area contributed by atoms with Gasteiger partial charge in [-0.15, -0.1) is 0 Å². The Morgan fingerprint density at radius 1 is 1.20 bits per heavy atom. The number of hydrogen-bond acceptors (Lipinski definition) is 2. The highest BCUT2D eigenvalue weighted by Crippen LogP contribution is 2.37. The fourth-order valence-electron chi connectivity index (χ4n) is 1.50. The molecule has 0 rings (SSSR count). The van der Waals surface area contributed by atoms with Crippen molar-refractivity contribution in [2.75, 3.05) is 6.61 Å². The highest BCUT2D eigenvalue weighted by Gasteiger charge is 2.38. The second-order valence-corrected chi connectivity index (χ2v) is 5.48. The van der Waals surface area contributed by atoms with E-state index in [1.54, 1.807) is 6.92 Å². The van der Waals surface area contributed by atoms with Gasteiger partial charge in [0.2, 0.25) is 0 Å². The van der Waals surface area contributed by atoms with E-state index in [0.29, 0.717) is 6.42 Å². The Balaban J connectivity index is 4.33. The predicted octanol–water partition coefficient (Wildman–Crippen LogP) is 3.59. The molecule has 0 atom stereocenters. The minimum absolute atomic E-state index is 0.105. The summed E-state index contributed by atoms with van der Waals surface area (Å²) in [6.07, 6.45) is 2.80. The summed E-state index contributed by atoms with van der Waals surface area (Å²) in [4.78, 5) is 11.2. The minimum Gasteiger partial charge on any atom is -0.375 e. The van der Waals surface area contributed by atoms with E-state index >= 15 is 0 Å². The average Bonchev–Trinajstić information content (AvgIpc) is 2.01. The topological polar surface area (TPSA) is 26.3 Å². The molecule has 0 saturated heterocycles. The highest BCUT2D eigenvalue weighted by molar-refractivity contribution is 5.76. The first kappa shape index (κ1) is 14.6. The van der Waals surface area contributed by atoms with Crippen molar-refractivity contribution < 1.29 is 9.53 Å². The van der Waals surface area contributed by atoms with Crippen LogP contribution in [0.1, 0.15) is 60.8 Å². The van der Waals surface area contributed by atoms with E-state index in [4.69, 9.17) is 4.74 Å². The summed E-state index contributed by atoms with van der Waals surface area (Å²) >= 11 is 0. The summed E-state index contributed by atoms with van der Waals surface area (Å²) in [7, 11) is 0.